The first-order chi connectivity index (χ1) is 4.86. The second-order valence-electron chi connectivity index (χ2n) is 1.48. The van der Waals surface area contributed by atoms with Crippen LogP contribution in [0.3, 0.4) is 0 Å². The van der Waals surface area contributed by atoms with Crippen molar-refractivity contribution in [2.75, 3.05) is 0 Å². The Bertz CT molecular complexity index is 252. The molecule has 0 spiro atoms. The van der Waals surface area contributed by atoms with Gasteiger partial charge in [-0.25, -0.2) is 9.98 Å². The van der Waals surface area contributed by atoms with Gasteiger partial charge < -0.3 is 11.1 Å². The zero-order valence-corrected chi connectivity index (χ0v) is 5.93. The molecule has 0 aromatic carbocycles. The van der Waals surface area contributed by atoms with Gasteiger partial charge in [0, 0.05) is 11.6 Å². The van der Waals surface area contributed by atoms with Crippen LogP contribution >= 0.6 is 11.3 Å². The largest absolute Gasteiger partial charge is 0.390 e. The lowest BCUT2D eigenvalue weighted by molar-refractivity contribution is 1.33. The second-order valence-corrected chi connectivity index (χ2v) is 2.31. The van der Waals surface area contributed by atoms with Crippen LogP contribution in [0.2, 0.25) is 0 Å². The van der Waals surface area contributed by atoms with Crippen molar-refractivity contribution in [1.29, 1.82) is 5.41 Å². The Morgan fingerprint density at radius 3 is 3.10 bits per heavy atom. The minimum atomic E-state index is 0.584. The van der Waals surface area contributed by atoms with Gasteiger partial charge in [-0.05, 0) is 0 Å². The van der Waals surface area contributed by atoms with Crippen LogP contribution < -0.4 is 5.73 Å². The topological polar surface area (TPSA) is 75.1 Å². The predicted octanol–water partition coefficient (Wildman–Crippen LogP) is 0.759. The molecule has 0 saturated carbocycles. The summed E-state index contributed by atoms with van der Waals surface area (Å²) < 4.78 is 0. The lowest BCUT2D eigenvalue weighted by Crippen LogP contribution is -1.86. The number of hydrogen-bond acceptors (Lipinski definition) is 4. The van der Waals surface area contributed by atoms with Crippen molar-refractivity contribution in [2.24, 2.45) is 10.7 Å². The van der Waals surface area contributed by atoms with Gasteiger partial charge >= 0.3 is 0 Å². The molecule has 0 atom stereocenters. The molecule has 3 N–H and O–H groups in total. The maximum atomic E-state index is 6.83. The summed E-state index contributed by atoms with van der Waals surface area (Å²) in [5, 5.41) is 9.15. The first-order valence-electron chi connectivity index (χ1n) is 2.57. The Balaban J connectivity index is 2.87. The van der Waals surface area contributed by atoms with Crippen LogP contribution in [0.4, 0.5) is 5.13 Å². The van der Waals surface area contributed by atoms with Gasteiger partial charge in [-0.15, -0.1) is 11.3 Å². The molecule has 1 rings (SSSR count). The summed E-state index contributed by atoms with van der Waals surface area (Å²) in [7, 11) is 0. The summed E-state index contributed by atoms with van der Waals surface area (Å²) in [4.78, 5) is 7.65. The van der Waals surface area contributed by atoms with E-state index in [1.165, 1.54) is 23.9 Å². The average molecular weight is 154 g/mol. The standard InChI is InChI=1S/C5H6N4S/c6-1-4-2-10-5(9-4)8-3-7/h1-3,6H,(H2,7,8,9). The number of nitrogens with two attached hydrogens (primary N) is 1. The van der Waals surface area contributed by atoms with Crippen molar-refractivity contribution < 1.29 is 0 Å². The van der Waals surface area contributed by atoms with Crippen molar-refractivity contribution in [2.45, 2.75) is 0 Å². The molecule has 0 bridgehead atoms. The number of hydrogen-bond donors (Lipinski definition) is 2. The first-order valence-corrected chi connectivity index (χ1v) is 3.45. The molecule has 0 unspecified atom stereocenters. The molecule has 1 aromatic heterocycles. The van der Waals surface area contributed by atoms with Crippen LogP contribution in [0.1, 0.15) is 5.69 Å². The van der Waals surface area contributed by atoms with E-state index < -0.39 is 0 Å². The van der Waals surface area contributed by atoms with Crippen LogP contribution in [0, 0.1) is 5.41 Å². The van der Waals surface area contributed by atoms with Crippen molar-refractivity contribution in [3.05, 3.63) is 11.1 Å². The lowest BCUT2D eigenvalue weighted by atomic mass is 10.6. The maximum Gasteiger partial charge on any atom is 0.211 e. The van der Waals surface area contributed by atoms with E-state index in [4.69, 9.17) is 11.1 Å². The van der Waals surface area contributed by atoms with Crippen LogP contribution in [-0.2, 0) is 0 Å². The quantitative estimate of drug-likeness (QED) is 0.487. The molecule has 1 aromatic rings. The van der Waals surface area contributed by atoms with E-state index in [0.717, 1.165) is 0 Å². The summed E-state index contributed by atoms with van der Waals surface area (Å²) in [6.45, 7) is 0. The molecule has 4 nitrogen and oxygen atoms in total. The molecule has 0 saturated heterocycles. The zero-order valence-electron chi connectivity index (χ0n) is 5.11. The smallest absolute Gasteiger partial charge is 0.211 e. The maximum absolute atomic E-state index is 6.83. The van der Waals surface area contributed by atoms with Crippen LogP contribution in [-0.4, -0.2) is 17.5 Å². The van der Waals surface area contributed by atoms with E-state index in [9.17, 15) is 0 Å². The Kier molecular flexibility index (Phi) is 2.11. The third-order valence-corrected chi connectivity index (χ3v) is 1.61. The SMILES string of the molecule is N=Cc1csc(/N=C/N)n1. The second kappa shape index (κ2) is 3.07. The van der Waals surface area contributed by atoms with Crippen LogP contribution in [0.15, 0.2) is 10.4 Å². The van der Waals surface area contributed by atoms with Crippen LogP contribution in [0.5, 0.6) is 0 Å². The highest BCUT2D eigenvalue weighted by Gasteiger charge is 1.94. The average Bonchev–Trinajstić information content (AvgIpc) is 2.37. The fourth-order valence-electron chi connectivity index (χ4n) is 0.466. The number of aromatic nitrogens is 1. The van der Waals surface area contributed by atoms with Gasteiger partial charge in [-0.1, -0.05) is 0 Å². The normalized spacial score (nSPS) is 10.4. The molecule has 0 aliphatic carbocycles. The summed E-state index contributed by atoms with van der Waals surface area (Å²) in [6.07, 6.45) is 2.36. The molecule has 0 amide bonds. The van der Waals surface area contributed by atoms with Crippen molar-refractivity contribution >= 4 is 29.0 Å². The predicted molar refractivity (Wildman–Crippen MR) is 42.3 cm³/mol. The minimum absolute atomic E-state index is 0.584. The van der Waals surface area contributed by atoms with Gasteiger partial charge in [0.25, 0.3) is 0 Å². The molecule has 0 aliphatic rings. The van der Waals surface area contributed by atoms with E-state index in [1.54, 1.807) is 5.38 Å². The summed E-state index contributed by atoms with van der Waals surface area (Å²) >= 11 is 1.36. The molecule has 10 heavy (non-hydrogen) atoms. The highest BCUT2D eigenvalue weighted by molar-refractivity contribution is 7.13. The van der Waals surface area contributed by atoms with Crippen molar-refractivity contribution in [3.8, 4) is 0 Å². The van der Waals surface area contributed by atoms with E-state index >= 15 is 0 Å². The summed E-state index contributed by atoms with van der Waals surface area (Å²) in [5.74, 6) is 0. The number of aliphatic imine (C=N–C) groups is 1. The lowest BCUT2D eigenvalue weighted by Gasteiger charge is -1.77. The van der Waals surface area contributed by atoms with Gasteiger partial charge in [-0.3, -0.25) is 0 Å². The highest BCUT2D eigenvalue weighted by Crippen LogP contribution is 2.16. The van der Waals surface area contributed by atoms with Gasteiger partial charge in [0.1, 0.15) is 0 Å². The highest BCUT2D eigenvalue weighted by atomic mass is 32.1. The van der Waals surface area contributed by atoms with Gasteiger partial charge in [0.2, 0.25) is 5.13 Å². The molecule has 52 valence electrons. The number of rotatable bonds is 2. The van der Waals surface area contributed by atoms with Crippen molar-refractivity contribution in [3.63, 3.8) is 0 Å². The molecular formula is C5H6N4S. The minimum Gasteiger partial charge on any atom is -0.390 e. The van der Waals surface area contributed by atoms with E-state index in [0.29, 0.717) is 10.8 Å². The van der Waals surface area contributed by atoms with E-state index in [1.807, 2.05) is 0 Å². The first kappa shape index (κ1) is 6.88. The third kappa shape index (κ3) is 1.38. The summed E-state index contributed by atoms with van der Waals surface area (Å²) in [5.41, 5.74) is 5.65. The third-order valence-electron chi connectivity index (χ3n) is 0.843. The van der Waals surface area contributed by atoms with E-state index in [2.05, 4.69) is 9.98 Å². The summed E-state index contributed by atoms with van der Waals surface area (Å²) in [6, 6.07) is 0. The molecule has 5 heteroatoms. The monoisotopic (exact) mass is 154 g/mol. The molecule has 0 aliphatic heterocycles. The molecule has 0 fully saturated rings. The van der Waals surface area contributed by atoms with Crippen molar-refractivity contribution in [1.82, 2.24) is 4.98 Å². The van der Waals surface area contributed by atoms with Gasteiger partial charge in [-0.2, -0.15) is 0 Å². The number of thiazole rings is 1. The molecule has 1 heterocycles. The fourth-order valence-corrected chi connectivity index (χ4v) is 1.09. The zero-order chi connectivity index (χ0) is 7.40. The Morgan fingerprint density at radius 1 is 1.80 bits per heavy atom. The number of nitrogens with zero attached hydrogens (tertiary/aromatic N) is 2. The van der Waals surface area contributed by atoms with Crippen LogP contribution in [0.25, 0.3) is 0 Å². The fraction of sp³-hybridized carbons (Fsp3) is 0. The van der Waals surface area contributed by atoms with Gasteiger partial charge in [0.05, 0.1) is 12.0 Å². The molecular weight excluding hydrogens is 148 g/mol. The Labute approximate surface area is 61.9 Å². The Morgan fingerprint density at radius 2 is 2.60 bits per heavy atom. The molecule has 0 radical (unpaired) electrons. The number of nitrogens with one attached hydrogen (secondary N) is 1. The van der Waals surface area contributed by atoms with Gasteiger partial charge in [0.15, 0.2) is 0 Å². The van der Waals surface area contributed by atoms with E-state index in [-0.39, 0.29) is 0 Å². The Hall–Kier alpha value is -1.23.